The van der Waals surface area contributed by atoms with E-state index in [0.29, 0.717) is 11.1 Å². The van der Waals surface area contributed by atoms with Crippen molar-refractivity contribution in [2.45, 2.75) is 18.8 Å². The zero-order chi connectivity index (χ0) is 21.8. The van der Waals surface area contributed by atoms with Gasteiger partial charge in [0.15, 0.2) is 11.6 Å². The van der Waals surface area contributed by atoms with E-state index in [9.17, 15) is 9.59 Å². The van der Waals surface area contributed by atoms with Gasteiger partial charge >= 0.3 is 0 Å². The van der Waals surface area contributed by atoms with Crippen LogP contribution in [0.3, 0.4) is 0 Å². The summed E-state index contributed by atoms with van der Waals surface area (Å²) in [5, 5.41) is 2.19. The van der Waals surface area contributed by atoms with Crippen LogP contribution in [0.5, 0.6) is 0 Å². The van der Waals surface area contributed by atoms with Gasteiger partial charge in [0, 0.05) is 32.9 Å². The lowest BCUT2D eigenvalue weighted by Gasteiger charge is -2.19. The molecule has 2 nitrogen and oxygen atoms in total. The summed E-state index contributed by atoms with van der Waals surface area (Å²) in [5.74, 6) is -0.138. The molecule has 0 amide bonds. The SMILES string of the molecule is O=C(CC(CC(=O)c1ccc(Br)cc1)c1cccc2ccccc12)c1ccc(Br)cc1. The lowest BCUT2D eigenvalue weighted by atomic mass is 9.84. The van der Waals surface area contributed by atoms with Gasteiger partial charge in [-0.2, -0.15) is 0 Å². The Balaban J connectivity index is 1.69. The lowest BCUT2D eigenvalue weighted by molar-refractivity contribution is 0.0945. The van der Waals surface area contributed by atoms with Crippen LogP contribution in [-0.2, 0) is 0 Å². The van der Waals surface area contributed by atoms with Crippen molar-refractivity contribution >= 4 is 54.2 Å². The smallest absolute Gasteiger partial charge is 0.163 e. The number of benzene rings is 4. The minimum Gasteiger partial charge on any atom is -0.294 e. The molecule has 4 aromatic rings. The van der Waals surface area contributed by atoms with Crippen molar-refractivity contribution in [3.8, 4) is 0 Å². The van der Waals surface area contributed by atoms with Gasteiger partial charge in [0.05, 0.1) is 0 Å². The van der Waals surface area contributed by atoms with E-state index in [-0.39, 0.29) is 30.3 Å². The molecule has 0 saturated carbocycles. The molecule has 154 valence electrons. The third-order valence-electron chi connectivity index (χ3n) is 5.46. The van der Waals surface area contributed by atoms with Crippen molar-refractivity contribution in [1.29, 1.82) is 0 Å². The zero-order valence-electron chi connectivity index (χ0n) is 16.7. The van der Waals surface area contributed by atoms with E-state index < -0.39 is 0 Å². The van der Waals surface area contributed by atoms with Crippen LogP contribution in [0.1, 0.15) is 45.0 Å². The fourth-order valence-electron chi connectivity index (χ4n) is 3.85. The van der Waals surface area contributed by atoms with Crippen molar-refractivity contribution in [3.05, 3.63) is 117 Å². The first kappa shape index (κ1) is 21.7. The second kappa shape index (κ2) is 9.71. The molecule has 31 heavy (non-hydrogen) atoms. The van der Waals surface area contributed by atoms with E-state index in [1.165, 1.54) is 0 Å². The van der Waals surface area contributed by atoms with Crippen LogP contribution >= 0.6 is 31.9 Å². The molecule has 0 fully saturated rings. The van der Waals surface area contributed by atoms with E-state index in [4.69, 9.17) is 0 Å². The molecule has 0 N–H and O–H groups in total. The second-order valence-corrected chi connectivity index (χ2v) is 9.37. The molecular weight excluding hydrogens is 516 g/mol. The number of carbonyl (C=O) groups excluding carboxylic acids is 2. The van der Waals surface area contributed by atoms with Crippen LogP contribution in [0.15, 0.2) is 99.9 Å². The minimum absolute atomic E-state index is 0.0361. The molecule has 0 unspecified atom stereocenters. The molecule has 4 heteroatoms. The van der Waals surface area contributed by atoms with Gasteiger partial charge in [-0.3, -0.25) is 9.59 Å². The molecule has 0 spiro atoms. The predicted octanol–water partition coefficient (Wildman–Crippen LogP) is 7.99. The largest absolute Gasteiger partial charge is 0.294 e. The van der Waals surface area contributed by atoms with Crippen molar-refractivity contribution in [3.63, 3.8) is 0 Å². The summed E-state index contributed by atoms with van der Waals surface area (Å²) in [6.45, 7) is 0. The topological polar surface area (TPSA) is 34.1 Å². The Hall–Kier alpha value is -2.56. The van der Waals surface area contributed by atoms with Gasteiger partial charge in [-0.15, -0.1) is 0 Å². The lowest BCUT2D eigenvalue weighted by Crippen LogP contribution is -2.13. The number of fused-ring (bicyclic) bond motifs is 1. The van der Waals surface area contributed by atoms with Crippen molar-refractivity contribution in [1.82, 2.24) is 0 Å². The number of ketones is 2. The van der Waals surface area contributed by atoms with Gasteiger partial charge in [0.2, 0.25) is 0 Å². The summed E-state index contributed by atoms with van der Waals surface area (Å²) < 4.78 is 1.86. The molecule has 0 aromatic heterocycles. The van der Waals surface area contributed by atoms with Crippen molar-refractivity contribution in [2.75, 3.05) is 0 Å². The Morgan fingerprint density at radius 2 is 1.10 bits per heavy atom. The maximum absolute atomic E-state index is 13.1. The molecule has 0 bridgehead atoms. The minimum atomic E-state index is -0.210. The van der Waals surface area contributed by atoms with Gasteiger partial charge in [-0.05, 0) is 46.5 Å². The monoisotopic (exact) mass is 534 g/mol. The van der Waals surface area contributed by atoms with Crippen molar-refractivity contribution < 1.29 is 9.59 Å². The Morgan fingerprint density at radius 1 is 0.613 bits per heavy atom. The third-order valence-corrected chi connectivity index (χ3v) is 6.52. The highest BCUT2D eigenvalue weighted by molar-refractivity contribution is 9.10. The highest BCUT2D eigenvalue weighted by Crippen LogP contribution is 2.33. The predicted molar refractivity (Wildman–Crippen MR) is 133 cm³/mol. The van der Waals surface area contributed by atoms with E-state index >= 15 is 0 Å². The fraction of sp³-hybridized carbons (Fsp3) is 0.111. The van der Waals surface area contributed by atoms with Gasteiger partial charge in [-0.25, -0.2) is 0 Å². The van der Waals surface area contributed by atoms with Gasteiger partial charge in [0.25, 0.3) is 0 Å². The second-order valence-electron chi connectivity index (χ2n) is 7.53. The summed E-state index contributed by atoms with van der Waals surface area (Å²) in [4.78, 5) is 26.2. The maximum atomic E-state index is 13.1. The van der Waals surface area contributed by atoms with Crippen LogP contribution in [-0.4, -0.2) is 11.6 Å². The van der Waals surface area contributed by atoms with Crippen LogP contribution in [0.4, 0.5) is 0 Å². The highest BCUT2D eigenvalue weighted by Gasteiger charge is 2.23. The number of hydrogen-bond acceptors (Lipinski definition) is 2. The number of rotatable bonds is 7. The van der Waals surface area contributed by atoms with Gasteiger partial charge < -0.3 is 0 Å². The summed E-state index contributed by atoms with van der Waals surface area (Å²) in [6.07, 6.45) is 0.551. The molecule has 0 aliphatic rings. The average molecular weight is 536 g/mol. The third kappa shape index (κ3) is 5.20. The Bertz CT molecular complexity index is 1160. The zero-order valence-corrected chi connectivity index (χ0v) is 19.9. The molecule has 0 saturated heterocycles. The number of carbonyl (C=O) groups is 2. The molecule has 4 aromatic carbocycles. The normalized spacial score (nSPS) is 11.1. The molecule has 0 radical (unpaired) electrons. The standard InChI is InChI=1S/C27H20Br2O2/c28-22-12-8-19(9-13-22)26(30)16-21(17-27(31)20-10-14-23(29)15-11-20)25-7-3-5-18-4-1-2-6-24(18)25/h1-15,21H,16-17H2. The number of halogens is 2. The van der Waals surface area contributed by atoms with Crippen LogP contribution in [0, 0.1) is 0 Å². The van der Waals surface area contributed by atoms with E-state index in [1.54, 1.807) is 0 Å². The Morgan fingerprint density at radius 3 is 1.65 bits per heavy atom. The van der Waals surface area contributed by atoms with E-state index in [2.05, 4.69) is 50.1 Å². The summed E-state index contributed by atoms with van der Waals surface area (Å²) in [7, 11) is 0. The first-order chi connectivity index (χ1) is 15.0. The number of hydrogen-bond donors (Lipinski definition) is 0. The van der Waals surface area contributed by atoms with Gasteiger partial charge in [-0.1, -0.05) is 98.6 Å². The Kier molecular flexibility index (Phi) is 6.79. The molecule has 0 atom stereocenters. The summed E-state index contributed by atoms with van der Waals surface area (Å²) in [5.41, 5.74) is 2.35. The van der Waals surface area contributed by atoms with Gasteiger partial charge in [0.1, 0.15) is 0 Å². The molecule has 0 aliphatic carbocycles. The quantitative estimate of drug-likeness (QED) is 0.225. The highest BCUT2D eigenvalue weighted by atomic mass is 79.9. The van der Waals surface area contributed by atoms with E-state index in [1.807, 2.05) is 72.8 Å². The molecule has 4 rings (SSSR count). The van der Waals surface area contributed by atoms with Crippen molar-refractivity contribution in [2.24, 2.45) is 0 Å². The Labute approximate surface area is 198 Å². The number of Topliss-reactive ketones (excluding diaryl/α,β-unsaturated/α-hetero) is 2. The molecule has 0 heterocycles. The average Bonchev–Trinajstić information content (AvgIpc) is 2.79. The molecule has 0 aliphatic heterocycles. The first-order valence-electron chi connectivity index (χ1n) is 10.1. The summed E-state index contributed by atoms with van der Waals surface area (Å²) >= 11 is 6.83. The van der Waals surface area contributed by atoms with Crippen LogP contribution < -0.4 is 0 Å². The fourth-order valence-corrected chi connectivity index (χ4v) is 4.38. The molecular formula is C27H20Br2O2. The van der Waals surface area contributed by atoms with Crippen LogP contribution in [0.2, 0.25) is 0 Å². The first-order valence-corrected chi connectivity index (χ1v) is 11.6. The maximum Gasteiger partial charge on any atom is 0.163 e. The summed E-state index contributed by atoms with van der Waals surface area (Å²) in [6, 6.07) is 29.0. The van der Waals surface area contributed by atoms with Crippen LogP contribution in [0.25, 0.3) is 10.8 Å². The van der Waals surface area contributed by atoms with E-state index in [0.717, 1.165) is 25.3 Å².